The van der Waals surface area contributed by atoms with Gasteiger partial charge in [0.05, 0.1) is 37.5 Å². The average molecular weight is 528 g/mol. The van der Waals surface area contributed by atoms with Crippen LogP contribution < -0.4 is 5.32 Å². The maximum absolute atomic E-state index is 15.6. The lowest BCUT2D eigenvalue weighted by atomic mass is 9.61. The summed E-state index contributed by atoms with van der Waals surface area (Å²) >= 11 is 0. The predicted octanol–water partition coefficient (Wildman–Crippen LogP) is 4.40. The first kappa shape index (κ1) is 24.0. The fourth-order valence-electron chi connectivity index (χ4n) is 6.10. The number of carbonyl (C=O) groups is 1. The largest absolute Gasteiger partial charge is 0.380 e. The van der Waals surface area contributed by atoms with Gasteiger partial charge < -0.3 is 19.6 Å². The van der Waals surface area contributed by atoms with E-state index in [4.69, 9.17) is 4.74 Å². The topological polar surface area (TPSA) is 84.8 Å². The summed E-state index contributed by atoms with van der Waals surface area (Å²) in [6.45, 7) is 3.65. The normalized spacial score (nSPS) is 20.1. The number of nitrogens with one attached hydrogen (secondary N) is 2. The number of para-hydroxylation sites is 1. The van der Waals surface area contributed by atoms with Gasteiger partial charge in [0.2, 0.25) is 0 Å². The molecule has 2 fully saturated rings. The molecule has 7 rings (SSSR count). The van der Waals surface area contributed by atoms with Crippen LogP contribution in [0, 0.1) is 35.9 Å². The molecule has 1 aromatic carbocycles. The summed E-state index contributed by atoms with van der Waals surface area (Å²) in [5, 5.41) is 3.34. The monoisotopic (exact) mass is 527 g/mol. The Balaban J connectivity index is 1.20. The van der Waals surface area contributed by atoms with E-state index in [1.807, 2.05) is 13.0 Å². The predicted molar refractivity (Wildman–Crippen MR) is 140 cm³/mol. The Kier molecular flexibility index (Phi) is 5.56. The van der Waals surface area contributed by atoms with E-state index in [0.29, 0.717) is 44.9 Å². The van der Waals surface area contributed by atoms with Gasteiger partial charge in [0, 0.05) is 45.6 Å². The molecule has 2 N–H and O–H groups in total. The van der Waals surface area contributed by atoms with Crippen molar-refractivity contribution in [1.29, 1.82) is 0 Å². The van der Waals surface area contributed by atoms with Gasteiger partial charge in [0.1, 0.15) is 17.9 Å². The molecular weight excluding hydrogens is 500 g/mol. The first-order valence-electron chi connectivity index (χ1n) is 13.2. The van der Waals surface area contributed by atoms with E-state index >= 15 is 4.39 Å². The Morgan fingerprint density at radius 3 is 2.87 bits per heavy atom. The smallest absolute Gasteiger partial charge is 0.270 e. The Morgan fingerprint density at radius 1 is 1.28 bits per heavy atom. The third-order valence-corrected chi connectivity index (χ3v) is 8.08. The maximum atomic E-state index is 15.6. The number of nitrogens with zero attached hydrogens (tertiary/aromatic N) is 3. The Bertz CT molecular complexity index is 1670. The van der Waals surface area contributed by atoms with Crippen molar-refractivity contribution in [1.82, 2.24) is 24.8 Å². The van der Waals surface area contributed by atoms with Crippen LogP contribution in [0.5, 0.6) is 0 Å². The molecule has 198 valence electrons. The molecule has 9 heteroatoms. The van der Waals surface area contributed by atoms with E-state index in [1.54, 1.807) is 41.2 Å². The third-order valence-electron chi connectivity index (χ3n) is 8.08. The number of aromatic amines is 1. The highest BCUT2D eigenvalue weighted by Gasteiger charge is 2.49. The van der Waals surface area contributed by atoms with Crippen LogP contribution in [-0.4, -0.2) is 44.8 Å². The number of imidazole rings is 1. The van der Waals surface area contributed by atoms with Crippen LogP contribution >= 0.6 is 0 Å². The number of halogens is 2. The number of aromatic nitrogens is 4. The number of rotatable bonds is 4. The Hall–Kier alpha value is -4.03. The summed E-state index contributed by atoms with van der Waals surface area (Å²) in [6, 6.07) is 9.55. The van der Waals surface area contributed by atoms with E-state index in [0.717, 1.165) is 26.1 Å². The van der Waals surface area contributed by atoms with Gasteiger partial charge >= 0.3 is 0 Å². The number of pyridine rings is 1. The fraction of sp³-hybridized carbons (Fsp3) is 0.367. The van der Waals surface area contributed by atoms with Crippen LogP contribution in [0.4, 0.5) is 8.78 Å². The molecule has 0 radical (unpaired) electrons. The quantitative estimate of drug-likeness (QED) is 0.386. The van der Waals surface area contributed by atoms with Gasteiger partial charge in [0.25, 0.3) is 5.91 Å². The highest BCUT2D eigenvalue weighted by atomic mass is 19.1. The number of hydrogen-bond donors (Lipinski definition) is 2. The molecule has 39 heavy (non-hydrogen) atoms. The minimum atomic E-state index is -1.05. The summed E-state index contributed by atoms with van der Waals surface area (Å²) in [7, 11) is 0. The van der Waals surface area contributed by atoms with E-state index in [1.165, 1.54) is 0 Å². The second-order valence-electron chi connectivity index (χ2n) is 11.1. The Labute approximate surface area is 224 Å². The minimum Gasteiger partial charge on any atom is -0.380 e. The van der Waals surface area contributed by atoms with E-state index in [-0.39, 0.29) is 24.4 Å². The molecular formula is C30H27F2N5O2. The number of benzene rings is 1. The lowest BCUT2D eigenvalue weighted by molar-refractivity contribution is -0.169. The number of alkyl halides is 1. The van der Waals surface area contributed by atoms with Crippen LogP contribution in [0.2, 0.25) is 0 Å². The molecule has 7 nitrogen and oxygen atoms in total. The van der Waals surface area contributed by atoms with Crippen molar-refractivity contribution in [2.45, 2.75) is 44.9 Å². The van der Waals surface area contributed by atoms with Crippen molar-refractivity contribution in [3.8, 4) is 11.8 Å². The SMILES string of the molecule is Cc1cc(C#CC2CC3(COC3)C2)cc(C(=O)NC(c2ncn3c2C[C@@H](F)C3)c2[nH]c3ccccc3c2F)n1. The average Bonchev–Trinajstić information content (AvgIpc) is 3.52. The molecule has 1 saturated heterocycles. The van der Waals surface area contributed by atoms with Crippen molar-refractivity contribution >= 4 is 16.8 Å². The van der Waals surface area contributed by atoms with Crippen molar-refractivity contribution in [3.05, 3.63) is 82.6 Å². The van der Waals surface area contributed by atoms with Gasteiger partial charge in [-0.05, 0) is 44.0 Å². The lowest BCUT2D eigenvalue weighted by Crippen LogP contribution is -2.51. The first-order valence-corrected chi connectivity index (χ1v) is 13.2. The number of amides is 1. The van der Waals surface area contributed by atoms with Crippen molar-refractivity contribution in [3.63, 3.8) is 0 Å². The molecule has 2 atom stereocenters. The van der Waals surface area contributed by atoms with Gasteiger partial charge in [-0.15, -0.1) is 0 Å². The molecule has 1 spiro atoms. The van der Waals surface area contributed by atoms with Gasteiger partial charge in [-0.25, -0.2) is 18.7 Å². The molecule has 3 aromatic heterocycles. The highest BCUT2D eigenvalue weighted by molar-refractivity contribution is 5.93. The summed E-state index contributed by atoms with van der Waals surface area (Å²) in [5.74, 6) is 5.90. The number of fused-ring (bicyclic) bond motifs is 2. The number of hydrogen-bond acceptors (Lipinski definition) is 4. The highest BCUT2D eigenvalue weighted by Crippen LogP contribution is 2.50. The van der Waals surface area contributed by atoms with Gasteiger partial charge in [-0.3, -0.25) is 4.79 Å². The summed E-state index contributed by atoms with van der Waals surface area (Å²) in [4.78, 5) is 25.6. The molecule has 3 aliphatic rings. The summed E-state index contributed by atoms with van der Waals surface area (Å²) in [6.07, 6.45) is 2.74. The van der Waals surface area contributed by atoms with E-state index in [2.05, 4.69) is 32.1 Å². The Morgan fingerprint density at radius 2 is 2.10 bits per heavy atom. The van der Waals surface area contributed by atoms with Crippen molar-refractivity contribution < 1.29 is 18.3 Å². The molecule has 0 bridgehead atoms. The van der Waals surface area contributed by atoms with E-state index < -0.39 is 23.9 Å². The fourth-order valence-corrected chi connectivity index (χ4v) is 6.10. The standard InChI is InChI=1S/C30H27F2N5O2/c1-17-8-18(6-7-19-11-30(12-19)14-39-15-30)9-23(34-17)29(38)36-28(26-24-10-20(31)13-37(24)16-33-26)27-25(32)21-4-2-3-5-22(21)35-27/h2-5,8-9,16,19-20,28,35H,10-15H2,1H3,(H,36,38)/t20-,28?/m1/s1. The van der Waals surface area contributed by atoms with Crippen LogP contribution in [-0.2, 0) is 17.7 Å². The first-order chi connectivity index (χ1) is 18.9. The van der Waals surface area contributed by atoms with Gasteiger partial charge in [-0.2, -0.15) is 0 Å². The molecule has 1 amide bonds. The molecule has 2 aliphatic heterocycles. The minimum absolute atomic E-state index is 0.153. The van der Waals surface area contributed by atoms with Crippen LogP contribution in [0.3, 0.4) is 0 Å². The third kappa shape index (κ3) is 4.20. The van der Waals surface area contributed by atoms with Crippen molar-refractivity contribution in [2.75, 3.05) is 13.2 Å². The number of ether oxygens (including phenoxy) is 1. The van der Waals surface area contributed by atoms with Crippen LogP contribution in [0.25, 0.3) is 10.9 Å². The zero-order chi connectivity index (χ0) is 26.7. The summed E-state index contributed by atoms with van der Waals surface area (Å²) in [5.41, 5.74) is 3.69. The molecule has 1 aliphatic carbocycles. The zero-order valence-electron chi connectivity index (χ0n) is 21.4. The van der Waals surface area contributed by atoms with Crippen molar-refractivity contribution in [2.24, 2.45) is 11.3 Å². The molecule has 1 saturated carbocycles. The maximum Gasteiger partial charge on any atom is 0.270 e. The summed E-state index contributed by atoms with van der Waals surface area (Å²) < 4.78 is 36.9. The molecule has 1 unspecified atom stereocenters. The second kappa shape index (κ2) is 9.02. The van der Waals surface area contributed by atoms with Gasteiger partial charge in [0.15, 0.2) is 5.82 Å². The lowest BCUT2D eigenvalue weighted by Gasteiger charge is -2.51. The van der Waals surface area contributed by atoms with Crippen LogP contribution in [0.15, 0.2) is 42.7 Å². The van der Waals surface area contributed by atoms with E-state index in [9.17, 15) is 9.18 Å². The zero-order valence-corrected chi connectivity index (χ0v) is 21.4. The molecule has 5 heterocycles. The number of carbonyl (C=O) groups excluding carboxylic acids is 1. The number of aryl methyl sites for hydroxylation is 1. The van der Waals surface area contributed by atoms with Crippen LogP contribution in [0.1, 0.15) is 57.7 Å². The van der Waals surface area contributed by atoms with Gasteiger partial charge in [-0.1, -0.05) is 24.0 Å². The number of H-pyrrole nitrogens is 1. The second-order valence-corrected chi connectivity index (χ2v) is 11.1. The molecule has 4 aromatic rings.